The van der Waals surface area contributed by atoms with Crippen LogP contribution in [0.1, 0.15) is 11.6 Å². The maximum Gasteiger partial charge on any atom is 0.124 e. The molecule has 0 aromatic heterocycles. The average Bonchev–Trinajstić information content (AvgIpc) is 2.09. The number of nitrogens with zero attached hydrogens (tertiary/aromatic N) is 2. The molecule has 1 atom stereocenters. The summed E-state index contributed by atoms with van der Waals surface area (Å²) in [6, 6.07) is 7.00. The molecule has 0 unspecified atom stereocenters. The zero-order chi connectivity index (χ0) is 10.7. The second-order valence-electron chi connectivity index (χ2n) is 3.16. The summed E-state index contributed by atoms with van der Waals surface area (Å²) in [5.74, 6) is 0. The van der Waals surface area contributed by atoms with Crippen molar-refractivity contribution in [2.75, 3.05) is 14.1 Å². The van der Waals surface area contributed by atoms with E-state index in [9.17, 15) is 0 Å². The third-order valence-electron chi connectivity index (χ3n) is 1.90. The molecule has 1 aromatic carbocycles. The summed E-state index contributed by atoms with van der Waals surface area (Å²) >= 11 is 11.7. The lowest BCUT2D eigenvalue weighted by Crippen LogP contribution is -2.18. The Morgan fingerprint density at radius 3 is 2.43 bits per heavy atom. The molecule has 0 radical (unpaired) electrons. The van der Waals surface area contributed by atoms with Crippen molar-refractivity contribution in [3.05, 3.63) is 33.8 Å². The van der Waals surface area contributed by atoms with Gasteiger partial charge in [0.25, 0.3) is 0 Å². The highest BCUT2D eigenvalue weighted by Crippen LogP contribution is 2.28. The van der Waals surface area contributed by atoms with E-state index in [2.05, 4.69) is 6.07 Å². The predicted octanol–water partition coefficient (Wildman–Crippen LogP) is 3.12. The zero-order valence-corrected chi connectivity index (χ0v) is 9.47. The highest BCUT2D eigenvalue weighted by Gasteiger charge is 2.15. The smallest absolute Gasteiger partial charge is 0.124 e. The molecule has 0 bridgehead atoms. The summed E-state index contributed by atoms with van der Waals surface area (Å²) in [5.41, 5.74) is 0.781. The van der Waals surface area contributed by atoms with Crippen molar-refractivity contribution in [3.8, 4) is 6.07 Å². The molecular weight excluding hydrogens is 219 g/mol. The molecule has 14 heavy (non-hydrogen) atoms. The summed E-state index contributed by atoms with van der Waals surface area (Å²) in [7, 11) is 3.66. The number of nitriles is 1. The van der Waals surface area contributed by atoms with Crippen LogP contribution >= 0.6 is 23.2 Å². The van der Waals surface area contributed by atoms with Crippen molar-refractivity contribution < 1.29 is 0 Å². The van der Waals surface area contributed by atoms with Crippen LogP contribution in [0.2, 0.25) is 10.0 Å². The number of rotatable bonds is 2. The van der Waals surface area contributed by atoms with Gasteiger partial charge in [0.1, 0.15) is 6.04 Å². The highest BCUT2D eigenvalue weighted by molar-refractivity contribution is 6.35. The van der Waals surface area contributed by atoms with Gasteiger partial charge >= 0.3 is 0 Å². The Bertz CT molecular complexity index is 369. The van der Waals surface area contributed by atoms with Crippen LogP contribution in [0.5, 0.6) is 0 Å². The summed E-state index contributed by atoms with van der Waals surface area (Å²) in [6.07, 6.45) is 0. The first-order valence-electron chi connectivity index (χ1n) is 4.07. The van der Waals surface area contributed by atoms with Crippen molar-refractivity contribution in [2.24, 2.45) is 0 Å². The molecule has 2 nitrogen and oxygen atoms in total. The molecular formula is C10H10Cl2N2. The van der Waals surface area contributed by atoms with Crippen molar-refractivity contribution >= 4 is 23.2 Å². The van der Waals surface area contributed by atoms with Gasteiger partial charge in [-0.05, 0) is 26.2 Å². The van der Waals surface area contributed by atoms with Gasteiger partial charge in [0.15, 0.2) is 0 Å². The van der Waals surface area contributed by atoms with E-state index < -0.39 is 0 Å². The lowest BCUT2D eigenvalue weighted by atomic mass is 10.1. The van der Waals surface area contributed by atoms with Gasteiger partial charge < -0.3 is 0 Å². The number of halogens is 2. The first-order chi connectivity index (χ1) is 6.56. The van der Waals surface area contributed by atoms with Gasteiger partial charge in [-0.2, -0.15) is 5.26 Å². The van der Waals surface area contributed by atoms with Crippen molar-refractivity contribution in [3.63, 3.8) is 0 Å². The van der Waals surface area contributed by atoms with E-state index in [0.29, 0.717) is 10.0 Å². The van der Waals surface area contributed by atoms with E-state index in [1.807, 2.05) is 14.1 Å². The summed E-state index contributed by atoms with van der Waals surface area (Å²) in [6.45, 7) is 0. The first kappa shape index (κ1) is 11.3. The van der Waals surface area contributed by atoms with Crippen LogP contribution < -0.4 is 0 Å². The van der Waals surface area contributed by atoms with Crippen LogP contribution in [-0.2, 0) is 0 Å². The maximum atomic E-state index is 8.96. The Balaban J connectivity index is 3.13. The lowest BCUT2D eigenvalue weighted by molar-refractivity contribution is 0.358. The molecule has 1 aromatic rings. The SMILES string of the molecule is CN(C)[C@@H](C#N)c1ccc(Cl)cc1Cl. The number of hydrogen-bond donors (Lipinski definition) is 0. The highest BCUT2D eigenvalue weighted by atomic mass is 35.5. The molecule has 74 valence electrons. The normalized spacial score (nSPS) is 12.6. The summed E-state index contributed by atoms with van der Waals surface area (Å²) in [4.78, 5) is 1.80. The molecule has 0 saturated heterocycles. The molecule has 4 heteroatoms. The first-order valence-corrected chi connectivity index (χ1v) is 4.83. The molecule has 0 aliphatic carbocycles. The van der Waals surface area contributed by atoms with Crippen LogP contribution in [0.3, 0.4) is 0 Å². The van der Waals surface area contributed by atoms with Gasteiger partial charge in [-0.15, -0.1) is 0 Å². The Morgan fingerprint density at radius 2 is 2.00 bits per heavy atom. The molecule has 0 N–H and O–H groups in total. The largest absolute Gasteiger partial charge is 0.290 e. The van der Waals surface area contributed by atoms with Crippen LogP contribution in [0.25, 0.3) is 0 Å². The molecule has 0 saturated carbocycles. The Hall–Kier alpha value is -0.750. The lowest BCUT2D eigenvalue weighted by Gasteiger charge is -2.18. The van der Waals surface area contributed by atoms with Gasteiger partial charge in [0.2, 0.25) is 0 Å². The minimum atomic E-state index is -0.334. The number of hydrogen-bond acceptors (Lipinski definition) is 2. The monoisotopic (exact) mass is 228 g/mol. The van der Waals surface area contributed by atoms with E-state index in [4.69, 9.17) is 28.5 Å². The standard InChI is InChI=1S/C10H10Cl2N2/c1-14(2)10(6-13)8-4-3-7(11)5-9(8)12/h3-5,10H,1-2H3/t10-/m0/s1. The molecule has 1 rings (SSSR count). The fourth-order valence-electron chi connectivity index (χ4n) is 1.19. The molecule has 0 amide bonds. The van der Waals surface area contributed by atoms with Crippen LogP contribution in [-0.4, -0.2) is 19.0 Å². The molecule has 0 aliphatic rings. The summed E-state index contributed by atoms with van der Waals surface area (Å²) < 4.78 is 0. The Labute approximate surface area is 93.7 Å². The average molecular weight is 229 g/mol. The van der Waals surface area contributed by atoms with E-state index in [1.165, 1.54) is 0 Å². The predicted molar refractivity (Wildman–Crippen MR) is 58.5 cm³/mol. The zero-order valence-electron chi connectivity index (χ0n) is 7.96. The fraction of sp³-hybridized carbons (Fsp3) is 0.300. The van der Waals surface area contributed by atoms with E-state index >= 15 is 0 Å². The maximum absolute atomic E-state index is 8.96. The van der Waals surface area contributed by atoms with Gasteiger partial charge in [-0.25, -0.2) is 0 Å². The molecule has 0 aliphatic heterocycles. The Kier molecular flexibility index (Phi) is 3.77. The van der Waals surface area contributed by atoms with Gasteiger partial charge in [-0.3, -0.25) is 4.90 Å². The molecule has 0 spiro atoms. The molecule has 0 fully saturated rings. The van der Waals surface area contributed by atoms with Gasteiger partial charge in [0.05, 0.1) is 6.07 Å². The fourth-order valence-corrected chi connectivity index (χ4v) is 1.70. The van der Waals surface area contributed by atoms with Crippen LogP contribution in [0, 0.1) is 11.3 Å². The quantitative estimate of drug-likeness (QED) is 0.778. The minimum Gasteiger partial charge on any atom is -0.290 e. The topological polar surface area (TPSA) is 27.0 Å². The Morgan fingerprint density at radius 1 is 1.36 bits per heavy atom. The van der Waals surface area contributed by atoms with Crippen LogP contribution in [0.15, 0.2) is 18.2 Å². The molecule has 0 heterocycles. The van der Waals surface area contributed by atoms with Crippen LogP contribution in [0.4, 0.5) is 0 Å². The van der Waals surface area contributed by atoms with Gasteiger partial charge in [0, 0.05) is 15.6 Å². The second kappa shape index (κ2) is 4.65. The third kappa shape index (κ3) is 2.39. The van der Waals surface area contributed by atoms with E-state index in [1.54, 1.807) is 23.1 Å². The third-order valence-corrected chi connectivity index (χ3v) is 2.46. The van der Waals surface area contributed by atoms with Gasteiger partial charge in [-0.1, -0.05) is 29.3 Å². The summed E-state index contributed by atoms with van der Waals surface area (Å²) in [5, 5.41) is 10.1. The minimum absolute atomic E-state index is 0.334. The second-order valence-corrected chi connectivity index (χ2v) is 4.00. The van der Waals surface area contributed by atoms with E-state index in [0.717, 1.165) is 5.56 Å². The van der Waals surface area contributed by atoms with E-state index in [-0.39, 0.29) is 6.04 Å². The van der Waals surface area contributed by atoms with Crippen molar-refractivity contribution in [1.82, 2.24) is 4.90 Å². The van der Waals surface area contributed by atoms with Crippen molar-refractivity contribution in [1.29, 1.82) is 5.26 Å². The van der Waals surface area contributed by atoms with Crippen molar-refractivity contribution in [2.45, 2.75) is 6.04 Å². The number of benzene rings is 1.